The van der Waals surface area contributed by atoms with Crippen molar-refractivity contribution in [2.24, 2.45) is 5.18 Å². The van der Waals surface area contributed by atoms with Gasteiger partial charge in [0, 0.05) is 0 Å². The van der Waals surface area contributed by atoms with Gasteiger partial charge in [0.2, 0.25) is 10.8 Å². The van der Waals surface area contributed by atoms with Crippen LogP contribution in [0.15, 0.2) is 5.18 Å². The molecule has 0 aliphatic carbocycles. The summed E-state index contributed by atoms with van der Waals surface area (Å²) in [7, 11) is -4.23. The normalized spacial score (nSPS) is 34.1. The van der Waals surface area contributed by atoms with Gasteiger partial charge in [-0.3, -0.25) is 0 Å². The van der Waals surface area contributed by atoms with Gasteiger partial charge >= 0.3 is 0 Å². The molecule has 31 heavy (non-hydrogen) atoms. The number of nitrogens with zero attached hydrogens (tertiary/aromatic N) is 1. The fraction of sp³-hybridized carbons (Fsp3) is 1.00. The molecule has 2 heterocycles. The van der Waals surface area contributed by atoms with Gasteiger partial charge in [0.1, 0.15) is 6.10 Å². The molecule has 10 heteroatoms. The van der Waals surface area contributed by atoms with E-state index in [0.717, 1.165) is 0 Å². The third-order valence-electron chi connectivity index (χ3n) is 7.36. The molecule has 0 saturated carbocycles. The Morgan fingerprint density at radius 1 is 0.935 bits per heavy atom. The van der Waals surface area contributed by atoms with Crippen molar-refractivity contribution >= 4 is 28.2 Å². The lowest BCUT2D eigenvalue weighted by atomic mass is 10.0. The highest BCUT2D eigenvalue weighted by molar-refractivity contribution is 6.74. The fourth-order valence-corrected chi connectivity index (χ4v) is 5.55. The molecular weight excluding hydrogens is 454 g/mol. The fourth-order valence-electron chi connectivity index (χ4n) is 3.23. The van der Waals surface area contributed by atoms with Crippen LogP contribution < -0.4 is 0 Å². The van der Waals surface area contributed by atoms with E-state index >= 15 is 0 Å². The molecule has 2 aliphatic heterocycles. The SMILES string of the molecule is CC1(C)O[C@@H]2[C@@](CO[Si](C)(C)C(C)(C)C)(O[C@@H](CO[Si](C)(C)C(C)(C)C)[C@]2(Cl)N=O)O1. The van der Waals surface area contributed by atoms with E-state index in [9.17, 15) is 4.91 Å². The summed E-state index contributed by atoms with van der Waals surface area (Å²) >= 11 is 6.80. The first kappa shape index (κ1) is 27.4. The van der Waals surface area contributed by atoms with Crippen molar-refractivity contribution in [3.63, 3.8) is 0 Å². The summed E-state index contributed by atoms with van der Waals surface area (Å²) in [6.07, 6.45) is -1.73. The Bertz CT molecular complexity index is 690. The van der Waals surface area contributed by atoms with E-state index in [1.165, 1.54) is 0 Å². The molecule has 0 radical (unpaired) electrons. The zero-order valence-corrected chi connectivity index (χ0v) is 24.1. The van der Waals surface area contributed by atoms with Gasteiger partial charge in [-0.05, 0) is 55.3 Å². The first-order valence-corrected chi connectivity index (χ1v) is 17.2. The van der Waals surface area contributed by atoms with E-state index in [1.54, 1.807) is 13.8 Å². The molecule has 0 unspecified atom stereocenters. The Labute approximate surface area is 195 Å². The van der Waals surface area contributed by atoms with Crippen LogP contribution in [0.5, 0.6) is 0 Å². The average Bonchev–Trinajstić information content (AvgIpc) is 2.96. The molecule has 2 saturated heterocycles. The first-order chi connectivity index (χ1) is 13.6. The molecule has 0 amide bonds. The summed E-state index contributed by atoms with van der Waals surface area (Å²) in [4.78, 5) is 10.4. The van der Waals surface area contributed by atoms with Crippen LogP contribution >= 0.6 is 11.6 Å². The molecule has 0 aromatic rings. The molecule has 2 fully saturated rings. The maximum atomic E-state index is 12.0. The van der Waals surface area contributed by atoms with Crippen LogP contribution in [-0.4, -0.2) is 58.6 Å². The van der Waals surface area contributed by atoms with Crippen LogP contribution in [-0.2, 0) is 23.1 Å². The third-order valence-corrected chi connectivity index (χ3v) is 16.9. The minimum Gasteiger partial charge on any atom is -0.414 e. The lowest BCUT2D eigenvalue weighted by Gasteiger charge is -2.39. The smallest absolute Gasteiger partial charge is 0.234 e. The zero-order valence-electron chi connectivity index (χ0n) is 21.3. The van der Waals surface area contributed by atoms with E-state index in [1.807, 2.05) is 0 Å². The van der Waals surface area contributed by atoms with Crippen molar-refractivity contribution in [1.29, 1.82) is 0 Å². The van der Waals surface area contributed by atoms with Crippen molar-refractivity contribution in [2.45, 2.75) is 120 Å². The Morgan fingerprint density at radius 3 is 1.87 bits per heavy atom. The second-order valence-electron chi connectivity index (χ2n) is 12.4. The monoisotopic (exact) mass is 495 g/mol. The highest BCUT2D eigenvalue weighted by atomic mass is 35.5. The van der Waals surface area contributed by atoms with Crippen LogP contribution in [0.4, 0.5) is 0 Å². The van der Waals surface area contributed by atoms with Gasteiger partial charge in [-0.2, -0.15) is 0 Å². The summed E-state index contributed by atoms with van der Waals surface area (Å²) in [6, 6.07) is 0. The molecule has 182 valence electrons. The van der Waals surface area contributed by atoms with E-state index in [2.05, 4.69) is 72.9 Å². The lowest BCUT2D eigenvalue weighted by Crippen LogP contribution is -2.52. The number of fused-ring (bicyclic) bond motifs is 1. The second kappa shape index (κ2) is 8.11. The number of halogens is 1. The van der Waals surface area contributed by atoms with Gasteiger partial charge in [-0.25, -0.2) is 0 Å². The average molecular weight is 496 g/mol. The maximum Gasteiger partial charge on any atom is 0.234 e. The van der Waals surface area contributed by atoms with Crippen LogP contribution in [0, 0.1) is 4.91 Å². The third kappa shape index (κ3) is 5.13. The number of rotatable bonds is 7. The number of ether oxygens (including phenoxy) is 3. The van der Waals surface area contributed by atoms with Gasteiger partial charge < -0.3 is 23.1 Å². The maximum absolute atomic E-state index is 12.0. The predicted octanol–water partition coefficient (Wildman–Crippen LogP) is 5.98. The van der Waals surface area contributed by atoms with Crippen molar-refractivity contribution < 1.29 is 23.1 Å². The molecule has 2 aliphatic rings. The van der Waals surface area contributed by atoms with E-state index in [0.29, 0.717) is 0 Å². The molecule has 4 atom stereocenters. The summed E-state index contributed by atoms with van der Waals surface area (Å²) in [6.45, 7) is 25.3. The summed E-state index contributed by atoms with van der Waals surface area (Å²) < 4.78 is 31.4. The molecule has 0 spiro atoms. The van der Waals surface area contributed by atoms with Crippen molar-refractivity contribution in [3.8, 4) is 0 Å². The first-order valence-electron chi connectivity index (χ1n) is 11.0. The van der Waals surface area contributed by atoms with Gasteiger partial charge in [0.05, 0.1) is 13.2 Å². The van der Waals surface area contributed by atoms with Crippen LogP contribution in [0.3, 0.4) is 0 Å². The number of hydrogen-bond donors (Lipinski definition) is 0. The lowest BCUT2D eigenvalue weighted by molar-refractivity contribution is -0.272. The van der Waals surface area contributed by atoms with Gasteiger partial charge in [0.25, 0.3) is 0 Å². The quantitative estimate of drug-likeness (QED) is 0.187. The standard InChI is InChI=1S/C21H42ClNO6Si2/c1-17(2,3)30(9,10)25-13-15-21(22,23-24)16-20(27-15,29-19(7,8)28-16)14-26-31(11,12)18(4,5)6/h15-16H,13-14H2,1-12H3/t15-,16+,20-,21-/m0/s1. The molecule has 0 bridgehead atoms. The Morgan fingerprint density at radius 2 is 1.42 bits per heavy atom. The summed E-state index contributed by atoms with van der Waals surface area (Å²) in [5.41, 5.74) is 0. The number of nitroso groups, excluding NO2 is 1. The van der Waals surface area contributed by atoms with Crippen molar-refractivity contribution in [3.05, 3.63) is 4.91 Å². The molecule has 0 aromatic carbocycles. The minimum absolute atomic E-state index is 0.00146. The van der Waals surface area contributed by atoms with Crippen LogP contribution in [0.25, 0.3) is 0 Å². The van der Waals surface area contributed by atoms with Gasteiger partial charge in [-0.1, -0.05) is 53.1 Å². The van der Waals surface area contributed by atoms with E-state index < -0.39 is 45.4 Å². The zero-order chi connectivity index (χ0) is 24.3. The molecule has 0 N–H and O–H groups in total. The van der Waals surface area contributed by atoms with Crippen LogP contribution in [0.1, 0.15) is 55.4 Å². The highest BCUT2D eigenvalue weighted by Crippen LogP contribution is 2.54. The Balaban J connectivity index is 2.33. The molecule has 7 nitrogen and oxygen atoms in total. The Hall–Kier alpha value is 0.124. The minimum atomic E-state index is -2.13. The molecule has 0 aromatic heterocycles. The largest absolute Gasteiger partial charge is 0.414 e. The number of alkyl halides is 1. The van der Waals surface area contributed by atoms with Gasteiger partial charge in [-0.15, -0.1) is 4.91 Å². The van der Waals surface area contributed by atoms with Gasteiger partial charge in [0.15, 0.2) is 28.5 Å². The van der Waals surface area contributed by atoms with E-state index in [-0.39, 0.29) is 23.3 Å². The molecule has 2 rings (SSSR count). The summed E-state index contributed by atoms with van der Waals surface area (Å²) in [5.74, 6) is -2.31. The highest BCUT2D eigenvalue weighted by Gasteiger charge is 2.73. The topological polar surface area (TPSA) is 75.6 Å². The Kier molecular flexibility index (Phi) is 7.16. The number of hydrogen-bond acceptors (Lipinski definition) is 7. The van der Waals surface area contributed by atoms with Crippen LogP contribution in [0.2, 0.25) is 36.3 Å². The summed E-state index contributed by atoms with van der Waals surface area (Å²) in [5, 5.41) is 3.29. The van der Waals surface area contributed by atoms with Crippen molar-refractivity contribution in [1.82, 2.24) is 0 Å². The second-order valence-corrected chi connectivity index (χ2v) is 22.6. The van der Waals surface area contributed by atoms with E-state index in [4.69, 9.17) is 34.7 Å². The van der Waals surface area contributed by atoms with Crippen molar-refractivity contribution in [2.75, 3.05) is 13.2 Å². The predicted molar refractivity (Wildman–Crippen MR) is 128 cm³/mol. The molecular formula is C21H42ClNO6Si2.